The third-order valence-corrected chi connectivity index (χ3v) is 6.52. The first-order chi connectivity index (χ1) is 16.6. The highest BCUT2D eigenvalue weighted by molar-refractivity contribution is 6.03. The van der Waals surface area contributed by atoms with E-state index in [1.807, 2.05) is 41.3 Å². The van der Waals surface area contributed by atoms with E-state index in [0.29, 0.717) is 31.8 Å². The van der Waals surface area contributed by atoms with Crippen LogP contribution in [0.5, 0.6) is 0 Å². The lowest BCUT2D eigenvalue weighted by atomic mass is 10.0. The van der Waals surface area contributed by atoms with Gasteiger partial charge in [-0.1, -0.05) is 24.3 Å². The molecule has 2 aromatic rings. The normalized spacial score (nSPS) is 15.9. The molecule has 0 atom stereocenters. The number of anilines is 3. The van der Waals surface area contributed by atoms with E-state index in [1.54, 1.807) is 6.92 Å². The van der Waals surface area contributed by atoms with Crippen molar-refractivity contribution in [2.24, 2.45) is 0 Å². The van der Waals surface area contributed by atoms with Gasteiger partial charge < -0.3 is 14.7 Å². The van der Waals surface area contributed by atoms with E-state index in [2.05, 4.69) is 21.2 Å². The molecule has 0 bridgehead atoms. The van der Waals surface area contributed by atoms with Gasteiger partial charge >= 0.3 is 6.09 Å². The number of aliphatic hydroxyl groups is 1. The Balaban J connectivity index is 0.00000342. The molecule has 2 aromatic carbocycles. The van der Waals surface area contributed by atoms with E-state index in [0.717, 1.165) is 61.5 Å². The Morgan fingerprint density at radius 3 is 2.29 bits per heavy atom. The standard InChI is InChI=1S/C26H34N4O4.ClH/c1-2-34-26(33)27-22-10-9-21-8-7-20-5-3-4-6-23(20)30(24(21)19-22)25(32)11-12-28-13-15-29(16-14-28)17-18-31;/h3-6,9-10,19,31H,2,7-8,11-18H2,1H3,(H,27,33);1H. The Morgan fingerprint density at radius 2 is 1.60 bits per heavy atom. The molecule has 0 aliphatic carbocycles. The highest BCUT2D eigenvalue weighted by Crippen LogP contribution is 2.38. The number of nitrogens with zero attached hydrogens (tertiary/aromatic N) is 3. The van der Waals surface area contributed by atoms with Crippen LogP contribution in [0.25, 0.3) is 0 Å². The molecule has 9 heteroatoms. The largest absolute Gasteiger partial charge is 0.450 e. The number of fused-ring (bicyclic) bond motifs is 2. The quantitative estimate of drug-likeness (QED) is 0.603. The molecule has 0 saturated carbocycles. The molecule has 0 spiro atoms. The van der Waals surface area contributed by atoms with Gasteiger partial charge in [-0.3, -0.25) is 19.9 Å². The summed E-state index contributed by atoms with van der Waals surface area (Å²) in [5.41, 5.74) is 4.56. The molecule has 0 aromatic heterocycles. The molecule has 190 valence electrons. The molecule has 35 heavy (non-hydrogen) atoms. The van der Waals surface area contributed by atoms with Gasteiger partial charge in [-0.25, -0.2) is 4.79 Å². The van der Waals surface area contributed by atoms with Crippen LogP contribution in [0.4, 0.5) is 21.9 Å². The summed E-state index contributed by atoms with van der Waals surface area (Å²) in [7, 11) is 0. The van der Waals surface area contributed by atoms with Gasteiger partial charge in [-0.2, -0.15) is 0 Å². The number of carbonyl (C=O) groups excluding carboxylic acids is 2. The van der Waals surface area contributed by atoms with Crippen LogP contribution in [-0.4, -0.2) is 79.4 Å². The van der Waals surface area contributed by atoms with Gasteiger partial charge in [0.05, 0.1) is 24.6 Å². The third kappa shape index (κ3) is 6.73. The van der Waals surface area contributed by atoms with Crippen molar-refractivity contribution in [1.82, 2.24) is 9.80 Å². The van der Waals surface area contributed by atoms with Gasteiger partial charge in [-0.05, 0) is 49.1 Å². The molecule has 2 aliphatic heterocycles. The highest BCUT2D eigenvalue weighted by atomic mass is 35.5. The van der Waals surface area contributed by atoms with Gasteiger partial charge in [-0.15, -0.1) is 12.4 Å². The van der Waals surface area contributed by atoms with Gasteiger partial charge in [0.1, 0.15) is 0 Å². The Hall–Kier alpha value is -2.65. The molecular formula is C26H35ClN4O4. The molecule has 0 radical (unpaired) electrons. The molecule has 1 saturated heterocycles. The van der Waals surface area contributed by atoms with Crippen LogP contribution >= 0.6 is 12.4 Å². The average molecular weight is 503 g/mol. The van der Waals surface area contributed by atoms with Gasteiger partial charge in [0.25, 0.3) is 0 Å². The van der Waals surface area contributed by atoms with E-state index in [1.165, 1.54) is 0 Å². The number of amides is 2. The molecule has 2 aliphatic rings. The first-order valence-electron chi connectivity index (χ1n) is 12.1. The van der Waals surface area contributed by atoms with Crippen molar-refractivity contribution in [2.45, 2.75) is 26.2 Å². The molecular weight excluding hydrogens is 468 g/mol. The van der Waals surface area contributed by atoms with Crippen LogP contribution < -0.4 is 10.2 Å². The van der Waals surface area contributed by atoms with Crippen molar-refractivity contribution in [3.05, 3.63) is 53.6 Å². The van der Waals surface area contributed by atoms with Gasteiger partial charge in [0.2, 0.25) is 5.91 Å². The minimum atomic E-state index is -0.505. The molecule has 2 amide bonds. The van der Waals surface area contributed by atoms with Crippen LogP contribution in [0.1, 0.15) is 24.5 Å². The molecule has 0 unspecified atom stereocenters. The number of nitrogens with one attached hydrogen (secondary N) is 1. The number of ether oxygens (including phenoxy) is 1. The van der Waals surface area contributed by atoms with Crippen LogP contribution in [0.2, 0.25) is 0 Å². The van der Waals surface area contributed by atoms with E-state index in [9.17, 15) is 9.59 Å². The SMILES string of the molecule is CCOC(=O)Nc1ccc2c(c1)N(C(=O)CCN1CCN(CCO)CC1)c1ccccc1CC2.Cl. The number of hydrogen-bond donors (Lipinski definition) is 2. The summed E-state index contributed by atoms with van der Waals surface area (Å²) in [6.07, 6.45) is 1.57. The van der Waals surface area contributed by atoms with Gasteiger partial charge in [0, 0.05) is 51.4 Å². The maximum absolute atomic E-state index is 13.7. The Kier molecular flexibility index (Phi) is 9.92. The number of rotatable bonds is 7. The van der Waals surface area contributed by atoms with E-state index in [4.69, 9.17) is 9.84 Å². The first kappa shape index (κ1) is 26.9. The molecule has 2 N–H and O–H groups in total. The lowest BCUT2D eigenvalue weighted by Gasteiger charge is -2.34. The zero-order valence-corrected chi connectivity index (χ0v) is 21.1. The maximum atomic E-state index is 13.7. The lowest BCUT2D eigenvalue weighted by molar-refractivity contribution is -0.118. The predicted octanol–water partition coefficient (Wildman–Crippen LogP) is 3.44. The van der Waals surface area contributed by atoms with Crippen LogP contribution in [0.15, 0.2) is 42.5 Å². The third-order valence-electron chi connectivity index (χ3n) is 6.52. The second kappa shape index (κ2) is 12.9. The van der Waals surface area contributed by atoms with Crippen molar-refractivity contribution >= 4 is 41.5 Å². The van der Waals surface area contributed by atoms with E-state index in [-0.39, 0.29) is 24.9 Å². The highest BCUT2D eigenvalue weighted by Gasteiger charge is 2.27. The average Bonchev–Trinajstić information content (AvgIpc) is 3.00. The molecule has 1 fully saturated rings. The summed E-state index contributed by atoms with van der Waals surface area (Å²) in [5.74, 6) is 0.0432. The smallest absolute Gasteiger partial charge is 0.411 e. The first-order valence-corrected chi connectivity index (χ1v) is 12.1. The van der Waals surface area contributed by atoms with Crippen molar-refractivity contribution in [3.63, 3.8) is 0 Å². The monoisotopic (exact) mass is 502 g/mol. The number of para-hydroxylation sites is 1. The van der Waals surface area contributed by atoms with E-state index >= 15 is 0 Å². The number of benzene rings is 2. The summed E-state index contributed by atoms with van der Waals surface area (Å²) >= 11 is 0. The summed E-state index contributed by atoms with van der Waals surface area (Å²) in [6.45, 7) is 7.25. The van der Waals surface area contributed by atoms with Crippen LogP contribution in [-0.2, 0) is 22.4 Å². The van der Waals surface area contributed by atoms with Crippen molar-refractivity contribution in [2.75, 3.05) is 62.7 Å². The summed E-state index contributed by atoms with van der Waals surface area (Å²) < 4.78 is 5.02. The fourth-order valence-corrected chi connectivity index (χ4v) is 4.70. The van der Waals surface area contributed by atoms with Gasteiger partial charge in [0.15, 0.2) is 0 Å². The topological polar surface area (TPSA) is 85.4 Å². The van der Waals surface area contributed by atoms with Crippen molar-refractivity contribution < 1.29 is 19.4 Å². The number of piperazine rings is 1. The van der Waals surface area contributed by atoms with Crippen molar-refractivity contribution in [3.8, 4) is 0 Å². The summed E-state index contributed by atoms with van der Waals surface area (Å²) in [5, 5.41) is 11.9. The summed E-state index contributed by atoms with van der Waals surface area (Å²) in [4.78, 5) is 32.0. The van der Waals surface area contributed by atoms with Crippen molar-refractivity contribution in [1.29, 1.82) is 0 Å². The number of halogens is 1. The van der Waals surface area contributed by atoms with Crippen LogP contribution in [0, 0.1) is 0 Å². The minimum absolute atomic E-state index is 0. The number of aryl methyl sites for hydroxylation is 2. The summed E-state index contributed by atoms with van der Waals surface area (Å²) in [6, 6.07) is 13.8. The zero-order chi connectivity index (χ0) is 23.9. The lowest BCUT2D eigenvalue weighted by Crippen LogP contribution is -2.47. The number of aliphatic hydroxyl groups excluding tert-OH is 1. The Morgan fingerprint density at radius 1 is 0.943 bits per heavy atom. The number of hydrogen-bond acceptors (Lipinski definition) is 6. The van der Waals surface area contributed by atoms with E-state index < -0.39 is 6.09 Å². The molecule has 2 heterocycles. The fraction of sp³-hybridized carbons (Fsp3) is 0.462. The number of β-amino-alcohol motifs (C(OH)–C–C–N with tert-alkyl or cyclic N) is 1. The Labute approximate surface area is 213 Å². The fourth-order valence-electron chi connectivity index (χ4n) is 4.70. The zero-order valence-electron chi connectivity index (χ0n) is 20.2. The maximum Gasteiger partial charge on any atom is 0.411 e. The second-order valence-corrected chi connectivity index (χ2v) is 8.70. The number of carbonyl (C=O) groups is 2. The second-order valence-electron chi connectivity index (χ2n) is 8.70. The molecule has 8 nitrogen and oxygen atoms in total. The Bertz CT molecular complexity index is 1010. The minimum Gasteiger partial charge on any atom is -0.450 e. The predicted molar refractivity (Wildman–Crippen MR) is 140 cm³/mol. The molecule has 4 rings (SSSR count). The van der Waals surface area contributed by atoms with Crippen LogP contribution in [0.3, 0.4) is 0 Å².